The summed E-state index contributed by atoms with van der Waals surface area (Å²) in [4.78, 5) is 2.18. The third-order valence-electron chi connectivity index (χ3n) is 4.24. The summed E-state index contributed by atoms with van der Waals surface area (Å²) in [6, 6.07) is 16.8. The summed E-state index contributed by atoms with van der Waals surface area (Å²) < 4.78 is 21.4. The van der Waals surface area contributed by atoms with Crippen molar-refractivity contribution in [3.8, 4) is 5.69 Å². The van der Waals surface area contributed by atoms with Crippen molar-refractivity contribution < 1.29 is 9.13 Å². The molecular weight excluding hydrogens is 351 g/mol. The first kappa shape index (κ1) is 17.1. The van der Waals surface area contributed by atoms with Gasteiger partial charge in [-0.25, -0.2) is 4.39 Å². The van der Waals surface area contributed by atoms with Crippen LogP contribution in [0.4, 0.5) is 10.3 Å². The van der Waals surface area contributed by atoms with Crippen molar-refractivity contribution >= 4 is 17.7 Å². The van der Waals surface area contributed by atoms with E-state index in [-0.39, 0.29) is 5.82 Å². The molecule has 26 heavy (non-hydrogen) atoms. The van der Waals surface area contributed by atoms with Crippen LogP contribution in [0.25, 0.3) is 5.69 Å². The summed E-state index contributed by atoms with van der Waals surface area (Å²) in [5.74, 6) is 1.11. The molecule has 0 saturated carbocycles. The molecule has 1 fully saturated rings. The minimum atomic E-state index is -0.195. The van der Waals surface area contributed by atoms with Crippen LogP contribution in [-0.2, 0) is 10.5 Å². The summed E-state index contributed by atoms with van der Waals surface area (Å²) in [5.41, 5.74) is 1.66. The van der Waals surface area contributed by atoms with Crippen LogP contribution in [0.2, 0.25) is 0 Å². The van der Waals surface area contributed by atoms with Gasteiger partial charge in [0.2, 0.25) is 5.95 Å². The lowest BCUT2D eigenvalue weighted by atomic mass is 10.2. The average Bonchev–Trinajstić information content (AvgIpc) is 3.13. The predicted molar refractivity (Wildman–Crippen MR) is 100 cm³/mol. The summed E-state index contributed by atoms with van der Waals surface area (Å²) in [6.45, 7) is 2.92. The molecule has 1 aromatic heterocycles. The molecule has 1 saturated heterocycles. The number of aromatic nitrogens is 3. The van der Waals surface area contributed by atoms with E-state index in [0.29, 0.717) is 24.5 Å². The molecular formula is C19H19FN4OS. The topological polar surface area (TPSA) is 43.2 Å². The van der Waals surface area contributed by atoms with Crippen molar-refractivity contribution in [1.82, 2.24) is 14.8 Å². The number of para-hydroxylation sites is 1. The quantitative estimate of drug-likeness (QED) is 0.643. The lowest BCUT2D eigenvalue weighted by Crippen LogP contribution is -2.37. The second-order valence-electron chi connectivity index (χ2n) is 5.93. The van der Waals surface area contributed by atoms with Crippen LogP contribution in [0, 0.1) is 5.82 Å². The van der Waals surface area contributed by atoms with Gasteiger partial charge in [-0.15, -0.1) is 10.2 Å². The zero-order valence-corrected chi connectivity index (χ0v) is 15.0. The molecule has 7 heteroatoms. The Morgan fingerprint density at radius 3 is 2.46 bits per heavy atom. The van der Waals surface area contributed by atoms with Gasteiger partial charge in [-0.3, -0.25) is 4.57 Å². The van der Waals surface area contributed by atoms with E-state index in [2.05, 4.69) is 15.1 Å². The molecule has 1 aliphatic heterocycles. The van der Waals surface area contributed by atoms with Gasteiger partial charge in [0.25, 0.3) is 0 Å². The number of thioether (sulfide) groups is 1. The molecule has 5 nitrogen and oxygen atoms in total. The van der Waals surface area contributed by atoms with Gasteiger partial charge in [0, 0.05) is 18.8 Å². The zero-order valence-electron chi connectivity index (χ0n) is 14.2. The Morgan fingerprint density at radius 1 is 0.962 bits per heavy atom. The first-order valence-corrected chi connectivity index (χ1v) is 9.51. The Bertz CT molecular complexity index is 865. The SMILES string of the molecule is Fc1ccccc1CSc1nnc(N2CCOCC2)n1-c1ccccc1. The van der Waals surface area contributed by atoms with Crippen LogP contribution in [0.5, 0.6) is 0 Å². The van der Waals surface area contributed by atoms with E-state index in [9.17, 15) is 4.39 Å². The van der Waals surface area contributed by atoms with E-state index in [1.807, 2.05) is 41.0 Å². The number of rotatable bonds is 5. The number of anilines is 1. The van der Waals surface area contributed by atoms with Gasteiger partial charge < -0.3 is 9.64 Å². The van der Waals surface area contributed by atoms with E-state index in [0.717, 1.165) is 29.9 Å². The van der Waals surface area contributed by atoms with E-state index < -0.39 is 0 Å². The summed E-state index contributed by atoms with van der Waals surface area (Å²) >= 11 is 1.49. The lowest BCUT2D eigenvalue weighted by Gasteiger charge is -2.27. The van der Waals surface area contributed by atoms with Crippen LogP contribution in [0.3, 0.4) is 0 Å². The van der Waals surface area contributed by atoms with Crippen molar-refractivity contribution in [2.75, 3.05) is 31.2 Å². The second-order valence-corrected chi connectivity index (χ2v) is 6.88. The molecule has 0 bridgehead atoms. The molecule has 0 aliphatic carbocycles. The second kappa shape index (κ2) is 7.88. The number of halogens is 1. The molecule has 0 unspecified atom stereocenters. The molecule has 0 N–H and O–H groups in total. The number of nitrogens with zero attached hydrogens (tertiary/aromatic N) is 4. The van der Waals surface area contributed by atoms with Gasteiger partial charge in [-0.05, 0) is 23.8 Å². The fourth-order valence-corrected chi connectivity index (χ4v) is 3.82. The third-order valence-corrected chi connectivity index (χ3v) is 5.22. The smallest absolute Gasteiger partial charge is 0.232 e. The van der Waals surface area contributed by atoms with Crippen LogP contribution < -0.4 is 4.90 Å². The molecule has 4 rings (SSSR count). The molecule has 0 amide bonds. The molecule has 0 radical (unpaired) electrons. The Morgan fingerprint density at radius 2 is 1.69 bits per heavy atom. The highest BCUT2D eigenvalue weighted by atomic mass is 32.2. The average molecular weight is 370 g/mol. The highest BCUT2D eigenvalue weighted by Gasteiger charge is 2.21. The fourth-order valence-electron chi connectivity index (χ4n) is 2.88. The summed E-state index contributed by atoms with van der Waals surface area (Å²) in [7, 11) is 0. The number of benzene rings is 2. The van der Waals surface area contributed by atoms with Crippen molar-refractivity contribution in [2.24, 2.45) is 0 Å². The molecule has 1 aliphatic rings. The Kier molecular flexibility index (Phi) is 5.17. The zero-order chi connectivity index (χ0) is 17.8. The first-order chi connectivity index (χ1) is 12.8. The number of hydrogen-bond donors (Lipinski definition) is 0. The lowest BCUT2D eigenvalue weighted by molar-refractivity contribution is 0.122. The Balaban J connectivity index is 1.66. The molecule has 3 aromatic rings. The van der Waals surface area contributed by atoms with Gasteiger partial charge in [-0.2, -0.15) is 0 Å². The molecule has 134 valence electrons. The van der Waals surface area contributed by atoms with Crippen molar-refractivity contribution in [3.05, 3.63) is 66.0 Å². The van der Waals surface area contributed by atoms with Gasteiger partial charge >= 0.3 is 0 Å². The summed E-state index contributed by atoms with van der Waals surface area (Å²) in [6.07, 6.45) is 0. The Labute approximate surface area is 155 Å². The monoisotopic (exact) mass is 370 g/mol. The minimum absolute atomic E-state index is 0.195. The van der Waals surface area contributed by atoms with Crippen molar-refractivity contribution in [1.29, 1.82) is 0 Å². The maximum Gasteiger partial charge on any atom is 0.232 e. The van der Waals surface area contributed by atoms with E-state index in [1.54, 1.807) is 12.1 Å². The summed E-state index contributed by atoms with van der Waals surface area (Å²) in [5, 5.41) is 9.55. The number of ether oxygens (including phenoxy) is 1. The van der Waals surface area contributed by atoms with Crippen molar-refractivity contribution in [3.63, 3.8) is 0 Å². The Hall–Kier alpha value is -2.38. The largest absolute Gasteiger partial charge is 0.378 e. The first-order valence-electron chi connectivity index (χ1n) is 8.52. The number of hydrogen-bond acceptors (Lipinski definition) is 5. The van der Waals surface area contributed by atoms with Crippen LogP contribution in [-0.4, -0.2) is 41.1 Å². The normalized spacial score (nSPS) is 14.6. The maximum atomic E-state index is 13.9. The van der Waals surface area contributed by atoms with Crippen molar-refractivity contribution in [2.45, 2.75) is 10.9 Å². The molecule has 0 spiro atoms. The molecule has 2 heterocycles. The molecule has 0 atom stereocenters. The van der Waals surface area contributed by atoms with Gasteiger partial charge in [0.05, 0.1) is 18.9 Å². The van der Waals surface area contributed by atoms with E-state index >= 15 is 0 Å². The van der Waals surface area contributed by atoms with Crippen LogP contribution in [0.1, 0.15) is 5.56 Å². The van der Waals surface area contributed by atoms with E-state index in [1.165, 1.54) is 17.8 Å². The van der Waals surface area contributed by atoms with Gasteiger partial charge in [0.1, 0.15) is 5.82 Å². The highest BCUT2D eigenvalue weighted by molar-refractivity contribution is 7.98. The standard InChI is InChI=1S/C19H19FN4OS/c20-17-9-5-4-6-15(17)14-26-19-22-21-18(23-10-12-25-13-11-23)24(19)16-7-2-1-3-8-16/h1-9H,10-14H2. The van der Waals surface area contributed by atoms with Crippen LogP contribution >= 0.6 is 11.8 Å². The maximum absolute atomic E-state index is 13.9. The van der Waals surface area contributed by atoms with E-state index in [4.69, 9.17) is 4.74 Å². The minimum Gasteiger partial charge on any atom is -0.378 e. The third kappa shape index (κ3) is 3.59. The highest BCUT2D eigenvalue weighted by Crippen LogP contribution is 2.29. The van der Waals surface area contributed by atoms with Gasteiger partial charge in [-0.1, -0.05) is 48.2 Å². The number of morpholine rings is 1. The van der Waals surface area contributed by atoms with Crippen LogP contribution in [0.15, 0.2) is 59.8 Å². The predicted octanol–water partition coefficient (Wildman–Crippen LogP) is 3.54. The molecule has 2 aromatic carbocycles. The van der Waals surface area contributed by atoms with Gasteiger partial charge in [0.15, 0.2) is 5.16 Å². The fraction of sp³-hybridized carbons (Fsp3) is 0.263.